The first-order valence-corrected chi connectivity index (χ1v) is 1.94. The second-order valence-electron chi connectivity index (χ2n) is 1.94. The van der Waals surface area contributed by atoms with Gasteiger partial charge in [0.25, 0.3) is 0 Å². The largest absolute Gasteiger partial charge is 0.271 e. The van der Waals surface area contributed by atoms with Gasteiger partial charge in [0.1, 0.15) is 0 Å². The molecule has 0 saturated carbocycles. The van der Waals surface area contributed by atoms with Gasteiger partial charge < -0.3 is 0 Å². The zero-order valence-corrected chi connectivity index (χ0v) is 4.79. The molecule has 0 aliphatic heterocycles. The average Bonchev–Trinajstić information content (AvgIpc) is 0.722. The van der Waals surface area contributed by atoms with Gasteiger partial charge in [-0.1, -0.05) is 0 Å². The lowest BCUT2D eigenvalue weighted by Gasteiger charge is -2.11. The van der Waals surface area contributed by atoms with Crippen LogP contribution in [-0.4, -0.2) is 25.0 Å². The van der Waals surface area contributed by atoms with Crippen LogP contribution in [0.4, 0.5) is 0 Å². The third-order valence-electron chi connectivity index (χ3n) is 0. The van der Waals surface area contributed by atoms with Gasteiger partial charge >= 0.3 is 0 Å². The van der Waals surface area contributed by atoms with Crippen LogP contribution in [0.1, 0.15) is 0 Å². The molecule has 0 aliphatic carbocycles. The van der Waals surface area contributed by atoms with E-state index >= 15 is 0 Å². The van der Waals surface area contributed by atoms with Crippen LogP contribution in [0.25, 0.3) is 0 Å². The Labute approximate surface area is 38.7 Å². The van der Waals surface area contributed by atoms with E-state index in [9.17, 15) is 0 Å². The second-order valence-corrected chi connectivity index (χ2v) is 3.14. The molecule has 1 nitrogen and oxygen atoms in total. The maximum atomic E-state index is 4.06. The first-order chi connectivity index (χ1) is 2.00. The van der Waals surface area contributed by atoms with Crippen molar-refractivity contribution in [3.8, 4) is 0 Å². The Hall–Kier alpha value is 0.310. The van der Waals surface area contributed by atoms with E-state index in [-0.39, 0.29) is 0 Å². The summed E-state index contributed by atoms with van der Waals surface area (Å²) in [5, 5.41) is 0. The zero-order valence-electron chi connectivity index (χ0n) is 3.89. The van der Waals surface area contributed by atoms with E-state index in [0.29, 0.717) is 3.89 Å². The summed E-state index contributed by atoms with van der Waals surface area (Å²) < 4.78 is 0.694. The van der Waals surface area contributed by atoms with Crippen LogP contribution in [0.3, 0.4) is 0 Å². The Morgan fingerprint density at radius 2 is 1.20 bits per heavy atom. The Balaban J connectivity index is 3.02. The van der Waals surface area contributed by atoms with Crippen molar-refractivity contribution in [2.24, 2.45) is 0 Å². The van der Waals surface area contributed by atoms with E-state index in [1.165, 1.54) is 0 Å². The third kappa shape index (κ3) is 239. The number of hydrogen-bond acceptors (Lipinski definition) is 1. The minimum absolute atomic E-state index is 0.694. The van der Waals surface area contributed by atoms with Gasteiger partial charge in [0.2, 0.25) is 0 Å². The van der Waals surface area contributed by atoms with Crippen molar-refractivity contribution in [1.82, 2.24) is 0 Å². The van der Waals surface area contributed by atoms with E-state index in [1.807, 2.05) is 21.1 Å². The Morgan fingerprint density at radius 3 is 1.20 bits per heavy atom. The van der Waals surface area contributed by atoms with Gasteiger partial charge in [-0.3, -0.25) is 3.89 Å². The summed E-state index contributed by atoms with van der Waals surface area (Å²) in [5.41, 5.74) is 0. The van der Waals surface area contributed by atoms with Gasteiger partial charge in [0, 0.05) is 0 Å². The monoisotopic (exact) mass is 92.1 g/mol. The molecule has 0 unspecified atom stereocenters. The van der Waals surface area contributed by atoms with Crippen LogP contribution in [-0.2, 0) is 0 Å². The molecule has 32 valence electrons. The molecule has 5 heavy (non-hydrogen) atoms. The highest BCUT2D eigenvalue weighted by molar-refractivity contribution is 7.74. The van der Waals surface area contributed by atoms with Gasteiger partial charge in [-0.25, -0.2) is 0 Å². The van der Waals surface area contributed by atoms with Crippen molar-refractivity contribution in [3.05, 3.63) is 0 Å². The SMILES string of the molecule is C[N+](C)(C)S. The maximum absolute atomic E-state index is 4.06. The summed E-state index contributed by atoms with van der Waals surface area (Å²) in [4.78, 5) is 0. The number of quaternary nitrogens is 1. The zero-order chi connectivity index (χ0) is 4.50. The van der Waals surface area contributed by atoms with Gasteiger partial charge in [-0.15, -0.1) is 0 Å². The fraction of sp³-hybridized carbons (Fsp3) is 1.00. The van der Waals surface area contributed by atoms with Crippen molar-refractivity contribution in [3.63, 3.8) is 0 Å². The highest BCUT2D eigenvalue weighted by Crippen LogP contribution is 1.90. The molecule has 0 aromatic heterocycles. The summed E-state index contributed by atoms with van der Waals surface area (Å²) in [6.07, 6.45) is 0. The molecule has 0 bridgehead atoms. The van der Waals surface area contributed by atoms with E-state index in [2.05, 4.69) is 12.8 Å². The predicted molar refractivity (Wildman–Crippen MR) is 27.0 cm³/mol. The molecule has 0 heterocycles. The third-order valence-corrected chi connectivity index (χ3v) is 0. The highest BCUT2D eigenvalue weighted by atomic mass is 32.1. The van der Waals surface area contributed by atoms with E-state index in [0.717, 1.165) is 0 Å². The lowest BCUT2D eigenvalue weighted by atomic mass is 11.0. The van der Waals surface area contributed by atoms with Crippen LogP contribution in [0.15, 0.2) is 0 Å². The van der Waals surface area contributed by atoms with Crippen LogP contribution >= 0.6 is 12.8 Å². The van der Waals surface area contributed by atoms with E-state index in [4.69, 9.17) is 0 Å². The summed E-state index contributed by atoms with van der Waals surface area (Å²) in [6, 6.07) is 0. The number of nitrogens with zero attached hydrogens (tertiary/aromatic N) is 1. The molecule has 0 aromatic carbocycles. The lowest BCUT2D eigenvalue weighted by Crippen LogP contribution is -2.20. The van der Waals surface area contributed by atoms with Crippen LogP contribution in [0.2, 0.25) is 0 Å². The number of thiol groups is 1. The average molecular weight is 92.2 g/mol. The molecule has 0 atom stereocenters. The predicted octanol–water partition coefficient (Wildman–Crippen LogP) is 0.537. The second kappa shape index (κ2) is 1.19. The van der Waals surface area contributed by atoms with E-state index in [1.54, 1.807) is 0 Å². The van der Waals surface area contributed by atoms with Crippen molar-refractivity contribution in [2.75, 3.05) is 21.1 Å². The summed E-state index contributed by atoms with van der Waals surface area (Å²) in [7, 11) is 5.97. The molecular formula is C3H10NS+. The Morgan fingerprint density at radius 1 is 1.20 bits per heavy atom. The topological polar surface area (TPSA) is 0 Å². The molecular weight excluding hydrogens is 82.1 g/mol. The lowest BCUT2D eigenvalue weighted by molar-refractivity contribution is -0.722. The van der Waals surface area contributed by atoms with Crippen molar-refractivity contribution in [1.29, 1.82) is 0 Å². The van der Waals surface area contributed by atoms with Crippen molar-refractivity contribution in [2.45, 2.75) is 0 Å². The minimum atomic E-state index is 0.694. The first-order valence-electron chi connectivity index (χ1n) is 1.54. The van der Waals surface area contributed by atoms with E-state index < -0.39 is 0 Å². The van der Waals surface area contributed by atoms with Gasteiger partial charge in [0.15, 0.2) is 0 Å². The standard InChI is InChI=1S/C3H10NS/c1-4(2,3)5/h5H,1-3H3/q+1. The first kappa shape index (κ1) is 5.31. The maximum Gasteiger partial charge on any atom is 0.0781 e. The molecule has 2 heteroatoms. The quantitative estimate of drug-likeness (QED) is 0.327. The van der Waals surface area contributed by atoms with Crippen molar-refractivity contribution < 1.29 is 3.89 Å². The molecule has 0 aliphatic rings. The number of hydrogen-bond donors (Lipinski definition) is 1. The minimum Gasteiger partial charge on any atom is -0.271 e. The molecule has 0 amide bonds. The van der Waals surface area contributed by atoms with Crippen LogP contribution in [0, 0.1) is 0 Å². The molecule has 0 rings (SSSR count). The van der Waals surface area contributed by atoms with Gasteiger partial charge in [-0.2, -0.15) is 0 Å². The molecule has 0 saturated heterocycles. The molecule has 0 spiro atoms. The normalized spacial score (nSPS) is 12.0. The van der Waals surface area contributed by atoms with Crippen LogP contribution < -0.4 is 0 Å². The Bertz CT molecular complexity index is 22.4. The highest BCUT2D eigenvalue weighted by Gasteiger charge is 1.91. The van der Waals surface area contributed by atoms with Crippen LogP contribution in [0.5, 0.6) is 0 Å². The molecule has 0 aromatic rings. The van der Waals surface area contributed by atoms with Crippen molar-refractivity contribution >= 4 is 12.8 Å². The molecule has 0 radical (unpaired) electrons. The van der Waals surface area contributed by atoms with Gasteiger partial charge in [0.05, 0.1) is 34.0 Å². The summed E-state index contributed by atoms with van der Waals surface area (Å²) in [6.45, 7) is 0. The summed E-state index contributed by atoms with van der Waals surface area (Å²) >= 11 is 4.06. The van der Waals surface area contributed by atoms with Gasteiger partial charge in [-0.05, 0) is 0 Å². The molecule has 0 fully saturated rings. The summed E-state index contributed by atoms with van der Waals surface area (Å²) in [5.74, 6) is 0. The molecule has 0 N–H and O–H groups in total. The smallest absolute Gasteiger partial charge is 0.0781 e. The number of rotatable bonds is 0. The Kier molecular flexibility index (Phi) is 1.26. The fourth-order valence-electron chi connectivity index (χ4n) is 0. The fourth-order valence-corrected chi connectivity index (χ4v) is 0.